The van der Waals surface area contributed by atoms with E-state index in [9.17, 15) is 4.79 Å². The molecule has 1 heterocycles. The van der Waals surface area contributed by atoms with E-state index in [0.717, 1.165) is 12.8 Å². The maximum absolute atomic E-state index is 12.1. The number of hydrogen-bond donors (Lipinski definition) is 1. The first-order valence-corrected chi connectivity index (χ1v) is 5.84. The van der Waals surface area contributed by atoms with E-state index in [-0.39, 0.29) is 11.6 Å². The summed E-state index contributed by atoms with van der Waals surface area (Å²) in [4.78, 5) is 12.1. The number of hydrogen-bond acceptors (Lipinski definition) is 4. The molecule has 3 rings (SSSR count). The van der Waals surface area contributed by atoms with Crippen molar-refractivity contribution >= 4 is 10.9 Å². The van der Waals surface area contributed by atoms with Gasteiger partial charge in [-0.1, -0.05) is 17.3 Å². The Hall–Kier alpha value is -1.75. The van der Waals surface area contributed by atoms with Crippen molar-refractivity contribution < 1.29 is 0 Å². The van der Waals surface area contributed by atoms with Crippen molar-refractivity contribution in [2.24, 2.45) is 11.7 Å². The van der Waals surface area contributed by atoms with Crippen molar-refractivity contribution in [1.82, 2.24) is 15.0 Å². The largest absolute Gasteiger partial charge is 0.326 e. The Kier molecular flexibility index (Phi) is 2.40. The van der Waals surface area contributed by atoms with Crippen LogP contribution in [0, 0.1) is 5.92 Å². The minimum Gasteiger partial charge on any atom is -0.326 e. The van der Waals surface area contributed by atoms with Crippen molar-refractivity contribution in [3.05, 3.63) is 34.6 Å². The molecule has 1 unspecified atom stereocenters. The van der Waals surface area contributed by atoms with Crippen molar-refractivity contribution in [2.45, 2.75) is 25.4 Å². The van der Waals surface area contributed by atoms with Gasteiger partial charge in [0.15, 0.2) is 0 Å². The average molecular weight is 230 g/mol. The molecule has 0 radical (unpaired) electrons. The Morgan fingerprint density at radius 1 is 1.41 bits per heavy atom. The summed E-state index contributed by atoms with van der Waals surface area (Å²) >= 11 is 0. The number of nitrogens with zero attached hydrogens (tertiary/aromatic N) is 3. The lowest BCUT2D eigenvalue weighted by Crippen LogP contribution is -2.35. The molecule has 0 saturated heterocycles. The SMILES string of the molecule is NC(Cn1nnc2ccccc2c1=O)C1CC1. The highest BCUT2D eigenvalue weighted by molar-refractivity contribution is 5.76. The number of fused-ring (bicyclic) bond motifs is 1. The lowest BCUT2D eigenvalue weighted by molar-refractivity contribution is 0.443. The number of benzene rings is 1. The highest BCUT2D eigenvalue weighted by atomic mass is 16.1. The molecule has 2 aromatic rings. The zero-order valence-corrected chi connectivity index (χ0v) is 9.41. The Balaban J connectivity index is 1.99. The normalized spacial score (nSPS) is 17.2. The molecule has 1 aliphatic carbocycles. The van der Waals surface area contributed by atoms with Crippen LogP contribution in [-0.4, -0.2) is 21.0 Å². The van der Waals surface area contributed by atoms with E-state index in [4.69, 9.17) is 5.73 Å². The summed E-state index contributed by atoms with van der Waals surface area (Å²) in [5, 5.41) is 8.57. The third-order valence-electron chi connectivity index (χ3n) is 3.24. The van der Waals surface area contributed by atoms with Gasteiger partial charge < -0.3 is 5.73 Å². The summed E-state index contributed by atoms with van der Waals surface area (Å²) in [6.07, 6.45) is 2.33. The summed E-state index contributed by atoms with van der Waals surface area (Å²) in [6.45, 7) is 0.460. The molecule has 1 aliphatic rings. The van der Waals surface area contributed by atoms with E-state index >= 15 is 0 Å². The molecule has 2 N–H and O–H groups in total. The van der Waals surface area contributed by atoms with Gasteiger partial charge in [-0.15, -0.1) is 5.10 Å². The summed E-state index contributed by atoms with van der Waals surface area (Å²) in [6, 6.07) is 7.25. The molecule has 1 aromatic carbocycles. The summed E-state index contributed by atoms with van der Waals surface area (Å²) < 4.78 is 1.38. The Bertz CT molecular complexity index is 603. The van der Waals surface area contributed by atoms with E-state index in [2.05, 4.69) is 10.3 Å². The van der Waals surface area contributed by atoms with Crippen LogP contribution in [0.25, 0.3) is 10.9 Å². The third kappa shape index (κ3) is 1.93. The Labute approximate surface area is 98.2 Å². The molecule has 1 aromatic heterocycles. The van der Waals surface area contributed by atoms with Crippen LogP contribution in [-0.2, 0) is 6.54 Å². The van der Waals surface area contributed by atoms with Gasteiger partial charge in [0.2, 0.25) is 0 Å². The molecule has 17 heavy (non-hydrogen) atoms. The van der Waals surface area contributed by atoms with E-state index in [1.165, 1.54) is 4.68 Å². The molecule has 1 atom stereocenters. The van der Waals surface area contributed by atoms with E-state index in [0.29, 0.717) is 23.4 Å². The Morgan fingerprint density at radius 3 is 2.94 bits per heavy atom. The second-order valence-corrected chi connectivity index (χ2v) is 4.60. The second kappa shape index (κ2) is 3.92. The maximum atomic E-state index is 12.1. The molecule has 0 bridgehead atoms. The average Bonchev–Trinajstić information content (AvgIpc) is 3.17. The standard InChI is InChI=1S/C12H14N4O/c13-10(8-5-6-8)7-16-12(17)9-3-1-2-4-11(9)14-15-16/h1-4,8,10H,5-7,13H2. The predicted octanol–water partition coefficient (Wildman–Crippen LogP) is 0.529. The van der Waals surface area contributed by atoms with Crippen LogP contribution in [0.1, 0.15) is 12.8 Å². The first kappa shape index (κ1) is 10.4. The lowest BCUT2D eigenvalue weighted by Gasteiger charge is -2.10. The van der Waals surface area contributed by atoms with Gasteiger partial charge >= 0.3 is 0 Å². The maximum Gasteiger partial charge on any atom is 0.277 e. The zero-order chi connectivity index (χ0) is 11.8. The van der Waals surface area contributed by atoms with Crippen LogP contribution >= 0.6 is 0 Å². The van der Waals surface area contributed by atoms with Crippen LogP contribution in [0.2, 0.25) is 0 Å². The molecular formula is C12H14N4O. The minimum atomic E-state index is -0.105. The van der Waals surface area contributed by atoms with Crippen molar-refractivity contribution in [3.63, 3.8) is 0 Å². The molecule has 0 spiro atoms. The predicted molar refractivity (Wildman–Crippen MR) is 64.5 cm³/mol. The Morgan fingerprint density at radius 2 is 2.18 bits per heavy atom. The molecule has 88 valence electrons. The van der Waals surface area contributed by atoms with E-state index in [1.54, 1.807) is 12.1 Å². The number of rotatable bonds is 3. The van der Waals surface area contributed by atoms with Gasteiger partial charge in [-0.3, -0.25) is 4.79 Å². The van der Waals surface area contributed by atoms with E-state index < -0.39 is 0 Å². The van der Waals surface area contributed by atoms with Gasteiger partial charge in [0.1, 0.15) is 5.52 Å². The third-order valence-corrected chi connectivity index (χ3v) is 3.24. The second-order valence-electron chi connectivity index (χ2n) is 4.60. The lowest BCUT2D eigenvalue weighted by atomic mass is 10.2. The first-order valence-electron chi connectivity index (χ1n) is 5.84. The molecule has 0 aliphatic heterocycles. The van der Waals surface area contributed by atoms with Gasteiger partial charge in [-0.25, -0.2) is 4.68 Å². The van der Waals surface area contributed by atoms with E-state index in [1.807, 2.05) is 12.1 Å². The summed E-state index contributed by atoms with van der Waals surface area (Å²) in [5.74, 6) is 0.551. The smallest absolute Gasteiger partial charge is 0.277 e. The molecule has 1 saturated carbocycles. The minimum absolute atomic E-state index is 0.0168. The highest BCUT2D eigenvalue weighted by Crippen LogP contribution is 2.31. The fraction of sp³-hybridized carbons (Fsp3) is 0.417. The van der Waals surface area contributed by atoms with Crippen LogP contribution in [0.4, 0.5) is 0 Å². The molecular weight excluding hydrogens is 216 g/mol. The zero-order valence-electron chi connectivity index (χ0n) is 9.41. The fourth-order valence-electron chi connectivity index (χ4n) is 2.02. The molecule has 1 fully saturated rings. The van der Waals surface area contributed by atoms with Crippen LogP contribution < -0.4 is 11.3 Å². The van der Waals surface area contributed by atoms with Gasteiger partial charge in [0, 0.05) is 6.04 Å². The van der Waals surface area contributed by atoms with Gasteiger partial charge in [0.05, 0.1) is 11.9 Å². The van der Waals surface area contributed by atoms with Crippen molar-refractivity contribution in [2.75, 3.05) is 0 Å². The molecule has 5 heteroatoms. The monoisotopic (exact) mass is 230 g/mol. The topological polar surface area (TPSA) is 73.8 Å². The summed E-state index contributed by atoms with van der Waals surface area (Å²) in [7, 11) is 0. The summed E-state index contributed by atoms with van der Waals surface area (Å²) in [5.41, 5.74) is 6.52. The highest BCUT2D eigenvalue weighted by Gasteiger charge is 2.29. The number of aromatic nitrogens is 3. The molecule has 5 nitrogen and oxygen atoms in total. The van der Waals surface area contributed by atoms with Gasteiger partial charge in [-0.05, 0) is 30.9 Å². The van der Waals surface area contributed by atoms with Crippen molar-refractivity contribution in [1.29, 1.82) is 0 Å². The van der Waals surface area contributed by atoms with Gasteiger partial charge in [0.25, 0.3) is 5.56 Å². The fourth-order valence-corrected chi connectivity index (χ4v) is 2.02. The van der Waals surface area contributed by atoms with Crippen LogP contribution in [0.5, 0.6) is 0 Å². The van der Waals surface area contributed by atoms with Crippen molar-refractivity contribution in [3.8, 4) is 0 Å². The van der Waals surface area contributed by atoms with Gasteiger partial charge in [-0.2, -0.15) is 0 Å². The van der Waals surface area contributed by atoms with Crippen LogP contribution in [0.15, 0.2) is 29.1 Å². The van der Waals surface area contributed by atoms with Crippen LogP contribution in [0.3, 0.4) is 0 Å². The first-order chi connectivity index (χ1) is 8.25. The number of nitrogens with two attached hydrogens (primary N) is 1. The quantitative estimate of drug-likeness (QED) is 0.834. The molecule has 0 amide bonds.